The largest absolute Gasteiger partial charge is 0.356 e. The summed E-state index contributed by atoms with van der Waals surface area (Å²) in [6.45, 7) is 2.58. The van der Waals surface area contributed by atoms with E-state index in [1.807, 2.05) is 12.3 Å². The Morgan fingerprint density at radius 3 is 2.32 bits per heavy atom. The minimum Gasteiger partial charge on any atom is -0.356 e. The monoisotopic (exact) mass is 253 g/mol. The molecule has 0 saturated heterocycles. The third-order valence-corrected chi connectivity index (χ3v) is 3.81. The highest BCUT2D eigenvalue weighted by atomic mass is 15.2. The zero-order valence-corrected chi connectivity index (χ0v) is 11.0. The normalized spacial score (nSPS) is 14.9. The molecule has 3 heteroatoms. The maximum absolute atomic E-state index is 5.81. The van der Waals surface area contributed by atoms with E-state index in [4.69, 9.17) is 5.73 Å². The minimum absolute atomic E-state index is 0.548. The van der Waals surface area contributed by atoms with E-state index >= 15 is 0 Å². The lowest BCUT2D eigenvalue weighted by Crippen LogP contribution is -2.28. The standard InChI is InChI=1S/C16H19N3/c17-12-15-6-3-9-18-16(15)19-10-7-13-4-1-2-5-14(13)8-11-19/h1-6,9H,7-8,10-12,17H2. The van der Waals surface area contributed by atoms with E-state index in [0.717, 1.165) is 37.3 Å². The number of fused-ring (bicyclic) bond motifs is 1. The number of benzene rings is 1. The van der Waals surface area contributed by atoms with Crippen molar-refractivity contribution in [2.75, 3.05) is 18.0 Å². The van der Waals surface area contributed by atoms with Crippen molar-refractivity contribution in [2.45, 2.75) is 19.4 Å². The van der Waals surface area contributed by atoms with Gasteiger partial charge in [-0.1, -0.05) is 30.3 Å². The van der Waals surface area contributed by atoms with Crippen LogP contribution in [0.2, 0.25) is 0 Å². The molecule has 19 heavy (non-hydrogen) atoms. The van der Waals surface area contributed by atoms with Crippen LogP contribution in [0, 0.1) is 0 Å². The lowest BCUT2D eigenvalue weighted by molar-refractivity contribution is 0.781. The number of pyridine rings is 1. The molecular formula is C16H19N3. The maximum Gasteiger partial charge on any atom is 0.133 e. The summed E-state index contributed by atoms with van der Waals surface area (Å²) < 4.78 is 0. The molecule has 0 saturated carbocycles. The van der Waals surface area contributed by atoms with Gasteiger partial charge in [0.15, 0.2) is 0 Å². The number of hydrogen-bond acceptors (Lipinski definition) is 3. The molecule has 0 spiro atoms. The van der Waals surface area contributed by atoms with Crippen molar-refractivity contribution in [1.29, 1.82) is 0 Å². The Bertz CT molecular complexity index is 538. The molecular weight excluding hydrogens is 234 g/mol. The van der Waals surface area contributed by atoms with Crippen LogP contribution in [-0.2, 0) is 19.4 Å². The van der Waals surface area contributed by atoms with Crippen molar-refractivity contribution in [1.82, 2.24) is 4.98 Å². The molecule has 1 aliphatic heterocycles. The minimum atomic E-state index is 0.548. The summed E-state index contributed by atoms with van der Waals surface area (Å²) in [6, 6.07) is 12.8. The quantitative estimate of drug-likeness (QED) is 0.891. The van der Waals surface area contributed by atoms with Crippen molar-refractivity contribution in [3.05, 3.63) is 59.3 Å². The fraction of sp³-hybridized carbons (Fsp3) is 0.312. The van der Waals surface area contributed by atoms with Crippen LogP contribution in [-0.4, -0.2) is 18.1 Å². The van der Waals surface area contributed by atoms with Gasteiger partial charge in [0, 0.05) is 31.4 Å². The molecule has 0 bridgehead atoms. The molecule has 3 nitrogen and oxygen atoms in total. The van der Waals surface area contributed by atoms with Gasteiger partial charge in [-0.15, -0.1) is 0 Å². The zero-order chi connectivity index (χ0) is 13.1. The molecule has 0 fully saturated rings. The number of anilines is 1. The summed E-state index contributed by atoms with van der Waals surface area (Å²) in [6.07, 6.45) is 4.01. The first-order chi connectivity index (χ1) is 9.38. The fourth-order valence-corrected chi connectivity index (χ4v) is 2.75. The summed E-state index contributed by atoms with van der Waals surface area (Å²) >= 11 is 0. The van der Waals surface area contributed by atoms with Crippen LogP contribution in [0.5, 0.6) is 0 Å². The fourth-order valence-electron chi connectivity index (χ4n) is 2.75. The van der Waals surface area contributed by atoms with Crippen LogP contribution in [0.25, 0.3) is 0 Å². The Balaban J connectivity index is 1.85. The molecule has 2 aromatic rings. The molecule has 0 aliphatic carbocycles. The number of rotatable bonds is 2. The highest BCUT2D eigenvalue weighted by molar-refractivity contribution is 5.48. The Labute approximate surface area is 114 Å². The molecule has 2 heterocycles. The summed E-state index contributed by atoms with van der Waals surface area (Å²) in [4.78, 5) is 6.89. The van der Waals surface area contributed by atoms with E-state index in [1.165, 1.54) is 11.1 Å². The molecule has 0 atom stereocenters. The van der Waals surface area contributed by atoms with Crippen LogP contribution in [0.15, 0.2) is 42.6 Å². The third kappa shape index (κ3) is 2.47. The molecule has 1 aromatic carbocycles. The van der Waals surface area contributed by atoms with Gasteiger partial charge in [0.2, 0.25) is 0 Å². The van der Waals surface area contributed by atoms with E-state index in [-0.39, 0.29) is 0 Å². The van der Waals surface area contributed by atoms with Crippen molar-refractivity contribution in [3.8, 4) is 0 Å². The second-order valence-corrected chi connectivity index (χ2v) is 4.95. The summed E-state index contributed by atoms with van der Waals surface area (Å²) in [7, 11) is 0. The van der Waals surface area contributed by atoms with E-state index in [0.29, 0.717) is 6.54 Å². The first-order valence-corrected chi connectivity index (χ1v) is 6.84. The van der Waals surface area contributed by atoms with Crippen molar-refractivity contribution in [3.63, 3.8) is 0 Å². The molecule has 0 unspecified atom stereocenters. The Hall–Kier alpha value is -1.87. The third-order valence-electron chi connectivity index (χ3n) is 3.81. The second kappa shape index (κ2) is 5.41. The van der Waals surface area contributed by atoms with E-state index in [1.54, 1.807) is 0 Å². The number of nitrogens with zero attached hydrogens (tertiary/aromatic N) is 2. The average Bonchev–Trinajstić information content (AvgIpc) is 2.70. The van der Waals surface area contributed by atoms with Gasteiger partial charge in [-0.3, -0.25) is 0 Å². The van der Waals surface area contributed by atoms with Gasteiger partial charge in [0.1, 0.15) is 5.82 Å². The summed E-state index contributed by atoms with van der Waals surface area (Å²) in [5, 5.41) is 0. The molecule has 1 aliphatic rings. The molecule has 3 rings (SSSR count). The lowest BCUT2D eigenvalue weighted by Gasteiger charge is -2.23. The van der Waals surface area contributed by atoms with E-state index < -0.39 is 0 Å². The highest BCUT2D eigenvalue weighted by Crippen LogP contribution is 2.22. The predicted molar refractivity (Wildman–Crippen MR) is 78.2 cm³/mol. The van der Waals surface area contributed by atoms with Gasteiger partial charge in [-0.05, 0) is 30.0 Å². The predicted octanol–water partition coefficient (Wildman–Crippen LogP) is 2.15. The Kier molecular flexibility index (Phi) is 3.47. The molecule has 1 aromatic heterocycles. The Morgan fingerprint density at radius 1 is 1.00 bits per heavy atom. The molecule has 0 amide bonds. The first kappa shape index (κ1) is 12.2. The Morgan fingerprint density at radius 2 is 1.68 bits per heavy atom. The van der Waals surface area contributed by atoms with Gasteiger partial charge in [0.05, 0.1) is 0 Å². The van der Waals surface area contributed by atoms with Gasteiger partial charge < -0.3 is 10.6 Å². The highest BCUT2D eigenvalue weighted by Gasteiger charge is 2.16. The van der Waals surface area contributed by atoms with Crippen molar-refractivity contribution >= 4 is 5.82 Å². The summed E-state index contributed by atoms with van der Waals surface area (Å²) in [5.74, 6) is 1.05. The van der Waals surface area contributed by atoms with E-state index in [2.05, 4.69) is 40.2 Å². The van der Waals surface area contributed by atoms with Gasteiger partial charge in [0.25, 0.3) is 0 Å². The van der Waals surface area contributed by atoms with Crippen LogP contribution >= 0.6 is 0 Å². The lowest BCUT2D eigenvalue weighted by atomic mass is 10.0. The molecule has 2 N–H and O–H groups in total. The number of hydrogen-bond donors (Lipinski definition) is 1. The van der Waals surface area contributed by atoms with E-state index in [9.17, 15) is 0 Å². The smallest absolute Gasteiger partial charge is 0.133 e. The van der Waals surface area contributed by atoms with Crippen LogP contribution in [0.3, 0.4) is 0 Å². The van der Waals surface area contributed by atoms with Gasteiger partial charge in [-0.2, -0.15) is 0 Å². The van der Waals surface area contributed by atoms with Crippen LogP contribution < -0.4 is 10.6 Å². The molecule has 98 valence electrons. The average molecular weight is 253 g/mol. The number of aromatic nitrogens is 1. The first-order valence-electron chi connectivity index (χ1n) is 6.84. The molecule has 0 radical (unpaired) electrons. The van der Waals surface area contributed by atoms with Gasteiger partial charge in [-0.25, -0.2) is 4.98 Å². The second-order valence-electron chi connectivity index (χ2n) is 4.95. The maximum atomic E-state index is 5.81. The zero-order valence-electron chi connectivity index (χ0n) is 11.0. The van der Waals surface area contributed by atoms with Crippen LogP contribution in [0.1, 0.15) is 16.7 Å². The van der Waals surface area contributed by atoms with Crippen molar-refractivity contribution in [2.24, 2.45) is 5.73 Å². The topological polar surface area (TPSA) is 42.1 Å². The van der Waals surface area contributed by atoms with Crippen LogP contribution in [0.4, 0.5) is 5.82 Å². The van der Waals surface area contributed by atoms with Crippen molar-refractivity contribution < 1.29 is 0 Å². The van der Waals surface area contributed by atoms with Gasteiger partial charge >= 0.3 is 0 Å². The number of nitrogens with two attached hydrogens (primary N) is 1. The summed E-state index contributed by atoms with van der Waals surface area (Å²) in [5.41, 5.74) is 9.88. The SMILES string of the molecule is NCc1cccnc1N1CCc2ccccc2CC1.